The summed E-state index contributed by atoms with van der Waals surface area (Å²) in [6.07, 6.45) is 0.350. The lowest BCUT2D eigenvalue weighted by Gasteiger charge is -2.26. The number of rotatable bonds is 6. The number of hydrogen-bond acceptors (Lipinski definition) is 7. The summed E-state index contributed by atoms with van der Waals surface area (Å²) in [7, 11) is 3.38. The lowest BCUT2D eigenvalue weighted by molar-refractivity contribution is -0.130. The molecule has 3 aromatic rings. The van der Waals surface area contributed by atoms with E-state index in [1.54, 1.807) is 30.8 Å². The zero-order chi connectivity index (χ0) is 23.7. The number of para-hydroxylation sites is 2. The average Bonchev–Trinajstić information content (AvgIpc) is 2.85. The van der Waals surface area contributed by atoms with Crippen molar-refractivity contribution in [2.75, 3.05) is 33.9 Å². The molecule has 0 bridgehead atoms. The summed E-state index contributed by atoms with van der Waals surface area (Å²) in [4.78, 5) is 30.0. The van der Waals surface area contributed by atoms with Gasteiger partial charge in [0.15, 0.2) is 24.2 Å². The van der Waals surface area contributed by atoms with Crippen LogP contribution >= 0.6 is 0 Å². The molecular weight excluding hydrogens is 438 g/mol. The molecule has 1 unspecified atom stereocenters. The van der Waals surface area contributed by atoms with Crippen molar-refractivity contribution < 1.29 is 23.7 Å². The van der Waals surface area contributed by atoms with Crippen molar-refractivity contribution in [1.29, 1.82) is 0 Å². The fourth-order valence-electron chi connectivity index (χ4n) is 3.94. The maximum atomic E-state index is 12.7. The zero-order valence-corrected chi connectivity index (χ0v) is 19.0. The predicted molar refractivity (Wildman–Crippen MR) is 124 cm³/mol. The van der Waals surface area contributed by atoms with Crippen LogP contribution in [0.3, 0.4) is 0 Å². The van der Waals surface area contributed by atoms with E-state index in [0.717, 1.165) is 16.8 Å². The maximum absolute atomic E-state index is 12.7. The number of benzene rings is 2. The van der Waals surface area contributed by atoms with E-state index in [1.165, 1.54) is 4.90 Å². The number of aromatic nitrogens is 2. The Kier molecular flexibility index (Phi) is 5.83. The van der Waals surface area contributed by atoms with Crippen LogP contribution in [0, 0.1) is 0 Å². The molecule has 0 aliphatic carbocycles. The van der Waals surface area contributed by atoms with Crippen LogP contribution < -0.4 is 24.6 Å². The Bertz CT molecular complexity index is 1290. The first-order chi connectivity index (χ1) is 16.5. The lowest BCUT2D eigenvalue weighted by Crippen LogP contribution is -2.35. The first-order valence-electron chi connectivity index (χ1n) is 11.1. The topological polar surface area (TPSA) is 92.1 Å². The molecule has 0 radical (unpaired) electrons. The second-order valence-corrected chi connectivity index (χ2v) is 8.37. The highest BCUT2D eigenvalue weighted by molar-refractivity contribution is 5.77. The van der Waals surface area contributed by atoms with Gasteiger partial charge in [0, 0.05) is 32.3 Å². The summed E-state index contributed by atoms with van der Waals surface area (Å²) in [6, 6.07) is 14.8. The molecule has 2 aromatic carbocycles. The van der Waals surface area contributed by atoms with Crippen LogP contribution in [0.2, 0.25) is 0 Å². The van der Waals surface area contributed by atoms with Gasteiger partial charge >= 0.3 is 5.69 Å². The van der Waals surface area contributed by atoms with E-state index in [-0.39, 0.29) is 36.8 Å². The van der Waals surface area contributed by atoms with Crippen LogP contribution in [0.1, 0.15) is 5.56 Å². The quantitative estimate of drug-likeness (QED) is 0.553. The normalized spacial score (nSPS) is 15.6. The number of amides is 1. The van der Waals surface area contributed by atoms with E-state index < -0.39 is 0 Å². The number of carbonyl (C=O) groups is 1. The molecule has 9 nitrogen and oxygen atoms in total. The molecule has 34 heavy (non-hydrogen) atoms. The van der Waals surface area contributed by atoms with Gasteiger partial charge in [-0.2, -0.15) is 4.98 Å². The molecule has 1 aromatic heterocycles. The van der Waals surface area contributed by atoms with Crippen LogP contribution in [0.25, 0.3) is 11.3 Å². The summed E-state index contributed by atoms with van der Waals surface area (Å²) in [5, 5.41) is 0. The van der Waals surface area contributed by atoms with Gasteiger partial charge in [-0.05, 0) is 42.3 Å². The third kappa shape index (κ3) is 4.41. The monoisotopic (exact) mass is 463 g/mol. The fraction of sp³-hybridized carbons (Fsp3) is 0.320. The average molecular weight is 463 g/mol. The van der Waals surface area contributed by atoms with Crippen molar-refractivity contribution in [3.8, 4) is 34.4 Å². The Morgan fingerprint density at radius 3 is 2.79 bits per heavy atom. The van der Waals surface area contributed by atoms with Crippen molar-refractivity contribution in [2.24, 2.45) is 0 Å². The summed E-state index contributed by atoms with van der Waals surface area (Å²) in [5.74, 6) is 2.11. The SMILES string of the molecule is CN(C)C(=O)COc1ccc2c(c1)CCn1c-2cc(OCC2COc3ccccc3O2)nc1=O. The van der Waals surface area contributed by atoms with Gasteiger partial charge in [-0.15, -0.1) is 0 Å². The number of likely N-dealkylation sites (N-methyl/N-ethyl adjacent to an activating group) is 1. The molecule has 0 saturated heterocycles. The Labute approximate surface area is 196 Å². The van der Waals surface area contributed by atoms with Gasteiger partial charge in [-0.3, -0.25) is 9.36 Å². The van der Waals surface area contributed by atoms with E-state index in [1.807, 2.05) is 36.4 Å². The highest BCUT2D eigenvalue weighted by Crippen LogP contribution is 2.33. The minimum Gasteiger partial charge on any atom is -0.486 e. The molecule has 3 heterocycles. The molecule has 0 saturated carbocycles. The molecule has 1 amide bonds. The van der Waals surface area contributed by atoms with E-state index in [0.29, 0.717) is 36.8 Å². The molecule has 5 rings (SSSR count). The van der Waals surface area contributed by atoms with Crippen molar-refractivity contribution in [2.45, 2.75) is 19.1 Å². The number of hydrogen-bond donors (Lipinski definition) is 0. The maximum Gasteiger partial charge on any atom is 0.351 e. The molecule has 0 fully saturated rings. The summed E-state index contributed by atoms with van der Waals surface area (Å²) < 4.78 is 24.8. The second kappa shape index (κ2) is 9.09. The van der Waals surface area contributed by atoms with Gasteiger partial charge in [-0.1, -0.05) is 12.1 Å². The summed E-state index contributed by atoms with van der Waals surface area (Å²) in [5.41, 5.74) is 2.32. The predicted octanol–water partition coefficient (Wildman–Crippen LogP) is 2.15. The Morgan fingerprint density at radius 1 is 1.15 bits per heavy atom. The molecular formula is C25H25N3O6. The van der Waals surface area contributed by atoms with Crippen molar-refractivity contribution in [1.82, 2.24) is 14.5 Å². The lowest BCUT2D eigenvalue weighted by atomic mass is 9.97. The summed E-state index contributed by atoms with van der Waals surface area (Å²) in [6.45, 7) is 1.03. The third-order valence-corrected chi connectivity index (χ3v) is 5.79. The zero-order valence-electron chi connectivity index (χ0n) is 19.0. The van der Waals surface area contributed by atoms with E-state index >= 15 is 0 Å². The standard InChI is InChI=1S/C25H25N3O6/c1-27(2)24(29)15-31-17-7-8-19-16(11-17)9-10-28-20(19)12-23(26-25(28)30)33-14-18-13-32-21-5-3-4-6-22(21)34-18/h3-8,11-12,18H,9-10,13-15H2,1-2H3. The van der Waals surface area contributed by atoms with Crippen LogP contribution in [-0.4, -0.2) is 60.4 Å². The largest absolute Gasteiger partial charge is 0.486 e. The van der Waals surface area contributed by atoms with Gasteiger partial charge < -0.3 is 23.8 Å². The van der Waals surface area contributed by atoms with Gasteiger partial charge in [0.25, 0.3) is 5.91 Å². The van der Waals surface area contributed by atoms with E-state index in [2.05, 4.69) is 4.98 Å². The smallest absolute Gasteiger partial charge is 0.351 e. The Morgan fingerprint density at radius 2 is 1.97 bits per heavy atom. The Balaban J connectivity index is 1.31. The Hall–Kier alpha value is -4.01. The highest BCUT2D eigenvalue weighted by atomic mass is 16.6. The number of nitrogens with zero attached hydrogens (tertiary/aromatic N) is 3. The van der Waals surface area contributed by atoms with E-state index in [4.69, 9.17) is 18.9 Å². The fourth-order valence-corrected chi connectivity index (χ4v) is 3.94. The number of carbonyl (C=O) groups excluding carboxylic acids is 1. The van der Waals surface area contributed by atoms with Crippen molar-refractivity contribution in [3.05, 3.63) is 64.6 Å². The number of fused-ring (bicyclic) bond motifs is 4. The summed E-state index contributed by atoms with van der Waals surface area (Å²) >= 11 is 0. The van der Waals surface area contributed by atoms with Gasteiger partial charge in [-0.25, -0.2) is 4.79 Å². The first kappa shape index (κ1) is 21.8. The minimum atomic E-state index is -0.360. The van der Waals surface area contributed by atoms with Crippen LogP contribution in [-0.2, 0) is 17.8 Å². The van der Waals surface area contributed by atoms with Crippen molar-refractivity contribution >= 4 is 5.91 Å². The molecule has 0 N–H and O–H groups in total. The van der Waals surface area contributed by atoms with Gasteiger partial charge in [0.05, 0.1) is 5.69 Å². The number of ether oxygens (including phenoxy) is 4. The van der Waals surface area contributed by atoms with E-state index in [9.17, 15) is 9.59 Å². The molecule has 176 valence electrons. The van der Waals surface area contributed by atoms with Crippen LogP contribution in [0.4, 0.5) is 0 Å². The third-order valence-electron chi connectivity index (χ3n) is 5.79. The molecule has 2 aliphatic rings. The van der Waals surface area contributed by atoms with Crippen molar-refractivity contribution in [3.63, 3.8) is 0 Å². The first-order valence-corrected chi connectivity index (χ1v) is 11.1. The van der Waals surface area contributed by atoms with Gasteiger partial charge in [0.1, 0.15) is 19.0 Å². The molecule has 9 heteroatoms. The minimum absolute atomic E-state index is 0.0266. The highest BCUT2D eigenvalue weighted by Gasteiger charge is 2.23. The number of aryl methyl sites for hydroxylation is 1. The molecule has 1 atom stereocenters. The van der Waals surface area contributed by atoms with Gasteiger partial charge in [0.2, 0.25) is 5.88 Å². The van der Waals surface area contributed by atoms with Crippen LogP contribution in [0.5, 0.6) is 23.1 Å². The molecule has 0 spiro atoms. The van der Waals surface area contributed by atoms with Crippen LogP contribution in [0.15, 0.2) is 53.3 Å². The molecule has 2 aliphatic heterocycles. The second-order valence-electron chi connectivity index (χ2n) is 8.37.